The van der Waals surface area contributed by atoms with Crippen LogP contribution in [-0.2, 0) is 10.4 Å². The number of aliphatic hydroxyl groups is 1. The summed E-state index contributed by atoms with van der Waals surface area (Å²) in [4.78, 5) is 0. The minimum Gasteiger partial charge on any atom is -0.759 e. The van der Waals surface area contributed by atoms with E-state index in [0.717, 1.165) is 6.42 Å². The van der Waals surface area contributed by atoms with Crippen molar-refractivity contribution in [2.24, 2.45) is 5.92 Å². The molecular formula is C5H12Na2O5S. The molecule has 8 heteroatoms. The van der Waals surface area contributed by atoms with E-state index in [0.29, 0.717) is 12.5 Å². The standard InChI is InChI=1S/C5H12O.2Na.H2O4S/c1-5(2)3-4-6;;;1-5(2,3)4/h5-6H,3-4H2,1-2H3;;;(H2,1,2,3,4)/q;2*+1;/p-2. The van der Waals surface area contributed by atoms with Crippen molar-refractivity contribution in [3.05, 3.63) is 0 Å². The van der Waals surface area contributed by atoms with Gasteiger partial charge in [-0.05, 0) is 12.3 Å². The van der Waals surface area contributed by atoms with Crippen molar-refractivity contribution < 1.29 is 81.7 Å². The molecule has 0 atom stereocenters. The fourth-order valence-electron chi connectivity index (χ4n) is 0.258. The summed E-state index contributed by atoms with van der Waals surface area (Å²) in [5.41, 5.74) is 0. The van der Waals surface area contributed by atoms with E-state index in [9.17, 15) is 0 Å². The summed E-state index contributed by atoms with van der Waals surface area (Å²) in [7, 11) is -5.17. The topological polar surface area (TPSA) is 100 Å². The van der Waals surface area contributed by atoms with Crippen molar-refractivity contribution in [2.75, 3.05) is 6.61 Å². The van der Waals surface area contributed by atoms with Crippen LogP contribution in [0.4, 0.5) is 0 Å². The van der Waals surface area contributed by atoms with Gasteiger partial charge in [-0.15, -0.1) is 0 Å². The molecule has 0 aliphatic heterocycles. The van der Waals surface area contributed by atoms with E-state index in [1.807, 2.05) is 0 Å². The van der Waals surface area contributed by atoms with Crippen molar-refractivity contribution in [1.82, 2.24) is 0 Å². The summed E-state index contributed by atoms with van der Waals surface area (Å²) in [5, 5.41) is 8.24. The first kappa shape index (κ1) is 24.2. The summed E-state index contributed by atoms with van der Waals surface area (Å²) in [6.45, 7) is 4.52. The molecule has 1 N–H and O–H groups in total. The smallest absolute Gasteiger partial charge is 0.759 e. The quantitative estimate of drug-likeness (QED) is 0.289. The zero-order valence-electron chi connectivity index (χ0n) is 8.48. The van der Waals surface area contributed by atoms with Gasteiger partial charge in [0.05, 0.1) is 0 Å². The fraction of sp³-hybridized carbons (Fsp3) is 1.00. The number of hydrogen-bond donors (Lipinski definition) is 1. The second kappa shape index (κ2) is 13.8. The maximum absolute atomic E-state index is 8.52. The molecule has 0 aromatic carbocycles. The van der Waals surface area contributed by atoms with Crippen LogP contribution in [0.3, 0.4) is 0 Å². The Balaban J connectivity index is -0.0000000546. The molecule has 0 unspecified atom stereocenters. The molecule has 70 valence electrons. The molecule has 0 aliphatic rings. The first-order valence-corrected chi connectivity index (χ1v) is 4.38. The second-order valence-corrected chi connectivity index (χ2v) is 3.13. The first-order chi connectivity index (χ1) is 4.77. The fourth-order valence-corrected chi connectivity index (χ4v) is 0.258. The van der Waals surface area contributed by atoms with Crippen LogP contribution in [0.5, 0.6) is 0 Å². The van der Waals surface area contributed by atoms with Crippen molar-refractivity contribution >= 4 is 10.4 Å². The van der Waals surface area contributed by atoms with Crippen molar-refractivity contribution in [3.8, 4) is 0 Å². The number of rotatable bonds is 2. The summed E-state index contributed by atoms with van der Waals surface area (Å²) in [6.07, 6.45) is 0.931. The van der Waals surface area contributed by atoms with Crippen molar-refractivity contribution in [1.29, 1.82) is 0 Å². The predicted molar refractivity (Wildman–Crippen MR) is 37.0 cm³/mol. The summed E-state index contributed by atoms with van der Waals surface area (Å²) in [5.74, 6) is 0.648. The Morgan fingerprint density at radius 2 is 1.46 bits per heavy atom. The van der Waals surface area contributed by atoms with Crippen LogP contribution in [-0.4, -0.2) is 29.2 Å². The van der Waals surface area contributed by atoms with E-state index in [-0.39, 0.29) is 59.1 Å². The Labute approximate surface area is 123 Å². The van der Waals surface area contributed by atoms with Gasteiger partial charge in [0.15, 0.2) is 0 Å². The maximum atomic E-state index is 8.52. The minimum absolute atomic E-state index is 0. The van der Waals surface area contributed by atoms with Crippen LogP contribution in [0.15, 0.2) is 0 Å². The van der Waals surface area contributed by atoms with Crippen molar-refractivity contribution in [3.63, 3.8) is 0 Å². The number of hydrogen-bond acceptors (Lipinski definition) is 5. The Morgan fingerprint density at radius 3 is 1.46 bits per heavy atom. The van der Waals surface area contributed by atoms with Gasteiger partial charge in [-0.3, -0.25) is 8.42 Å². The SMILES string of the molecule is CC(C)CCO.O=S(=O)([O-])[O-].[Na+].[Na+]. The van der Waals surface area contributed by atoms with Gasteiger partial charge in [-0.25, -0.2) is 0 Å². The van der Waals surface area contributed by atoms with Crippen LogP contribution in [0.1, 0.15) is 20.3 Å². The van der Waals surface area contributed by atoms with Crippen molar-refractivity contribution in [2.45, 2.75) is 20.3 Å². The third-order valence-corrected chi connectivity index (χ3v) is 0.706. The van der Waals surface area contributed by atoms with E-state index >= 15 is 0 Å². The van der Waals surface area contributed by atoms with Gasteiger partial charge < -0.3 is 14.2 Å². The molecule has 0 aromatic heterocycles. The second-order valence-electron chi connectivity index (χ2n) is 2.31. The molecule has 0 heterocycles. The molecule has 0 amide bonds. The van der Waals surface area contributed by atoms with Crippen LogP contribution >= 0.6 is 0 Å². The van der Waals surface area contributed by atoms with Gasteiger partial charge in [0.1, 0.15) is 0 Å². The van der Waals surface area contributed by atoms with Gasteiger partial charge in [0, 0.05) is 17.0 Å². The summed E-state index contributed by atoms with van der Waals surface area (Å²) >= 11 is 0. The molecule has 0 saturated heterocycles. The zero-order valence-corrected chi connectivity index (χ0v) is 13.3. The van der Waals surface area contributed by atoms with E-state index in [1.165, 1.54) is 0 Å². The van der Waals surface area contributed by atoms with E-state index in [2.05, 4.69) is 13.8 Å². The van der Waals surface area contributed by atoms with Gasteiger partial charge in [0.25, 0.3) is 0 Å². The number of aliphatic hydroxyl groups excluding tert-OH is 1. The molecule has 0 aromatic rings. The Hall–Kier alpha value is 1.83. The third-order valence-electron chi connectivity index (χ3n) is 0.706. The van der Waals surface area contributed by atoms with Gasteiger partial charge in [-0.1, -0.05) is 13.8 Å². The predicted octanol–water partition coefficient (Wildman–Crippen LogP) is -6.31. The van der Waals surface area contributed by atoms with Crippen LogP contribution < -0.4 is 59.1 Å². The average molecular weight is 230 g/mol. The summed E-state index contributed by atoms with van der Waals surface area (Å²) in [6, 6.07) is 0. The largest absolute Gasteiger partial charge is 1.00 e. The van der Waals surface area contributed by atoms with E-state index < -0.39 is 10.4 Å². The zero-order chi connectivity index (χ0) is 9.49. The molecule has 5 nitrogen and oxygen atoms in total. The minimum atomic E-state index is -5.17. The van der Waals surface area contributed by atoms with Gasteiger partial charge in [-0.2, -0.15) is 0 Å². The van der Waals surface area contributed by atoms with Crippen LogP contribution in [0, 0.1) is 5.92 Å². The van der Waals surface area contributed by atoms with E-state index in [4.69, 9.17) is 22.6 Å². The molecule has 13 heavy (non-hydrogen) atoms. The van der Waals surface area contributed by atoms with Gasteiger partial charge in [0.2, 0.25) is 0 Å². The molecule has 0 spiro atoms. The average Bonchev–Trinajstić information content (AvgIpc) is 1.58. The van der Waals surface area contributed by atoms with Crippen LogP contribution in [0.2, 0.25) is 0 Å². The normalized spacial score (nSPS) is 9.08. The Morgan fingerprint density at radius 1 is 1.23 bits per heavy atom. The Kier molecular flexibility index (Phi) is 25.7. The molecule has 0 fully saturated rings. The van der Waals surface area contributed by atoms with Gasteiger partial charge >= 0.3 is 59.1 Å². The Bertz CT molecular complexity index is 160. The maximum Gasteiger partial charge on any atom is 1.00 e. The van der Waals surface area contributed by atoms with Crippen LogP contribution in [0.25, 0.3) is 0 Å². The summed E-state index contributed by atoms with van der Waals surface area (Å²) < 4.78 is 34.1. The molecule has 0 saturated carbocycles. The van der Waals surface area contributed by atoms with E-state index in [1.54, 1.807) is 0 Å². The molecular weight excluding hydrogens is 218 g/mol. The first-order valence-electron chi connectivity index (χ1n) is 3.05. The molecule has 0 rings (SSSR count). The molecule has 0 aliphatic carbocycles. The molecule has 0 radical (unpaired) electrons. The monoisotopic (exact) mass is 230 g/mol. The third kappa shape index (κ3) is 83.0. The molecule has 0 bridgehead atoms.